The van der Waals surface area contributed by atoms with E-state index in [9.17, 15) is 43.9 Å². The Kier molecular flexibility index (Phi) is 4.43. The number of alkyl halides is 6. The summed E-state index contributed by atoms with van der Waals surface area (Å²) < 4.78 is 119. The van der Waals surface area contributed by atoms with Crippen LogP contribution in [0, 0.1) is 0 Å². The van der Waals surface area contributed by atoms with Crippen LogP contribution in [0.4, 0.5) is 43.9 Å². The molecule has 1 nitrogen and oxygen atoms in total. The van der Waals surface area contributed by atoms with Gasteiger partial charge in [0.05, 0.1) is 0 Å². The summed E-state index contributed by atoms with van der Waals surface area (Å²) in [6.45, 7) is 0. The van der Waals surface area contributed by atoms with Gasteiger partial charge in [-0.15, -0.1) is 0 Å². The number of hydrogen-bond donors (Lipinski definition) is 0. The highest BCUT2D eigenvalue weighted by atomic mass is 19.4. The van der Waals surface area contributed by atoms with Crippen LogP contribution in [0.15, 0.2) is 23.7 Å². The molecule has 0 spiro atoms. The van der Waals surface area contributed by atoms with Crippen LogP contribution >= 0.6 is 0 Å². The molecular weight excluding hydrogens is 278 g/mol. The Morgan fingerprint density at radius 2 is 0.824 bits per heavy atom. The van der Waals surface area contributed by atoms with Gasteiger partial charge in [-0.05, 0) is 0 Å². The van der Waals surface area contributed by atoms with Crippen LogP contribution in [0.5, 0.6) is 0 Å². The average molecular weight is 278 g/mol. The molecule has 0 rings (SSSR count). The third-order valence-electron chi connectivity index (χ3n) is 1.02. The largest absolute Gasteiger partial charge is 0.449 e. The third-order valence-corrected chi connectivity index (χ3v) is 1.02. The van der Waals surface area contributed by atoms with E-state index < -0.39 is 36.0 Å². The Bertz CT molecular complexity index is 311. The summed E-state index contributed by atoms with van der Waals surface area (Å²) in [6.07, 6.45) is -11.9. The second-order valence-electron chi connectivity index (χ2n) is 2.27. The lowest BCUT2D eigenvalue weighted by molar-refractivity contribution is -0.121. The summed E-state index contributed by atoms with van der Waals surface area (Å²) in [4.78, 5) is 0. The first-order valence-corrected chi connectivity index (χ1v) is 3.30. The molecule has 0 aliphatic carbocycles. The van der Waals surface area contributed by atoms with Crippen LogP contribution in [-0.4, -0.2) is 12.4 Å². The average Bonchev–Trinajstić information content (AvgIpc) is 2.12. The molecule has 0 heterocycles. The molecule has 0 fully saturated rings. The minimum atomic E-state index is -5.95. The van der Waals surface area contributed by atoms with Crippen LogP contribution in [0.25, 0.3) is 0 Å². The first-order valence-electron chi connectivity index (χ1n) is 3.30. The van der Waals surface area contributed by atoms with Crippen molar-refractivity contribution in [3.8, 4) is 0 Å². The summed E-state index contributed by atoms with van der Waals surface area (Å²) >= 11 is 0. The van der Waals surface area contributed by atoms with Crippen molar-refractivity contribution in [1.29, 1.82) is 0 Å². The molecule has 0 aliphatic heterocycles. The number of rotatable bonds is 2. The standard InChI is InChI=1S/C6F10O/c7-1(5(11,12)13)3(9)17-4(10)2(8)6(14,15)16/b3-1-,4-2-. The van der Waals surface area contributed by atoms with E-state index in [-0.39, 0.29) is 0 Å². The zero-order chi connectivity index (χ0) is 14.0. The van der Waals surface area contributed by atoms with Crippen LogP contribution in [-0.2, 0) is 4.74 Å². The van der Waals surface area contributed by atoms with Gasteiger partial charge in [-0.3, -0.25) is 0 Å². The first-order chi connectivity index (χ1) is 7.37. The van der Waals surface area contributed by atoms with E-state index in [0.29, 0.717) is 0 Å². The molecule has 0 N–H and O–H groups in total. The van der Waals surface area contributed by atoms with Crippen molar-refractivity contribution in [3.05, 3.63) is 23.7 Å². The summed E-state index contributed by atoms with van der Waals surface area (Å²) in [5.41, 5.74) is 0. The molecule has 0 unspecified atom stereocenters. The smallest absolute Gasteiger partial charge is 0.400 e. The van der Waals surface area contributed by atoms with E-state index in [4.69, 9.17) is 0 Å². The molecule has 0 atom stereocenters. The molecule has 17 heavy (non-hydrogen) atoms. The zero-order valence-electron chi connectivity index (χ0n) is 7.19. The fraction of sp³-hybridized carbons (Fsp3) is 0.333. The maximum absolute atomic E-state index is 12.0. The van der Waals surface area contributed by atoms with Gasteiger partial charge in [0.25, 0.3) is 11.7 Å². The molecule has 0 amide bonds. The second kappa shape index (κ2) is 4.84. The molecule has 0 saturated carbocycles. The van der Waals surface area contributed by atoms with Gasteiger partial charge in [0.15, 0.2) is 0 Å². The van der Waals surface area contributed by atoms with Gasteiger partial charge in [-0.25, -0.2) is 0 Å². The van der Waals surface area contributed by atoms with Crippen molar-refractivity contribution in [1.82, 2.24) is 0 Å². The van der Waals surface area contributed by atoms with E-state index >= 15 is 0 Å². The fourth-order valence-electron chi connectivity index (χ4n) is 0.391. The van der Waals surface area contributed by atoms with Crippen molar-refractivity contribution in [2.45, 2.75) is 12.4 Å². The van der Waals surface area contributed by atoms with Gasteiger partial charge in [-0.2, -0.15) is 43.9 Å². The van der Waals surface area contributed by atoms with E-state index in [2.05, 4.69) is 4.74 Å². The molecule has 0 radical (unpaired) electrons. The predicted molar refractivity (Wildman–Crippen MR) is 31.7 cm³/mol. The number of allylic oxidation sites excluding steroid dienone is 2. The van der Waals surface area contributed by atoms with Crippen LogP contribution in [0.1, 0.15) is 0 Å². The highest BCUT2D eigenvalue weighted by Gasteiger charge is 2.42. The lowest BCUT2D eigenvalue weighted by atomic mass is 10.5. The topological polar surface area (TPSA) is 9.23 Å². The highest BCUT2D eigenvalue weighted by molar-refractivity contribution is 5.06. The van der Waals surface area contributed by atoms with E-state index in [1.54, 1.807) is 0 Å². The molecule has 0 aromatic rings. The number of hydrogen-bond acceptors (Lipinski definition) is 1. The van der Waals surface area contributed by atoms with Gasteiger partial charge in [0.2, 0.25) is 0 Å². The van der Waals surface area contributed by atoms with Crippen molar-refractivity contribution in [3.63, 3.8) is 0 Å². The lowest BCUT2D eigenvalue weighted by Crippen LogP contribution is -2.13. The van der Waals surface area contributed by atoms with Crippen LogP contribution in [0.2, 0.25) is 0 Å². The third kappa shape index (κ3) is 4.53. The summed E-state index contributed by atoms with van der Waals surface area (Å²) in [5, 5.41) is 0. The van der Waals surface area contributed by atoms with Crippen molar-refractivity contribution in [2.24, 2.45) is 0 Å². The molecule has 11 heteroatoms. The Hall–Kier alpha value is -1.42. The highest BCUT2D eigenvalue weighted by Crippen LogP contribution is 2.34. The van der Waals surface area contributed by atoms with Gasteiger partial charge in [0.1, 0.15) is 0 Å². The van der Waals surface area contributed by atoms with Crippen molar-refractivity contribution < 1.29 is 48.6 Å². The van der Waals surface area contributed by atoms with E-state index in [1.807, 2.05) is 0 Å². The predicted octanol–water partition coefficient (Wildman–Crippen LogP) is 4.34. The fourth-order valence-corrected chi connectivity index (χ4v) is 0.391. The summed E-state index contributed by atoms with van der Waals surface area (Å²) in [7, 11) is 0. The zero-order valence-corrected chi connectivity index (χ0v) is 7.19. The Morgan fingerprint density at radius 3 is 1.00 bits per heavy atom. The molecule has 0 saturated heterocycles. The minimum absolute atomic E-state index is 2.46. The quantitative estimate of drug-likeness (QED) is 0.539. The Balaban J connectivity index is 5.13. The Morgan fingerprint density at radius 1 is 0.588 bits per heavy atom. The molecule has 0 bridgehead atoms. The molecule has 100 valence electrons. The maximum atomic E-state index is 12.0. The lowest BCUT2D eigenvalue weighted by Gasteiger charge is -2.07. The van der Waals surface area contributed by atoms with Crippen LogP contribution < -0.4 is 0 Å². The Labute approximate surface area is 86.0 Å². The number of ether oxygens (including phenoxy) is 1. The van der Waals surface area contributed by atoms with Crippen LogP contribution in [0.3, 0.4) is 0 Å². The normalized spacial score (nSPS) is 16.4. The van der Waals surface area contributed by atoms with Crippen molar-refractivity contribution in [2.75, 3.05) is 0 Å². The molecule has 0 aromatic carbocycles. The summed E-state index contributed by atoms with van der Waals surface area (Å²) in [5.74, 6) is -7.27. The van der Waals surface area contributed by atoms with Crippen molar-refractivity contribution >= 4 is 0 Å². The van der Waals surface area contributed by atoms with Gasteiger partial charge in [-0.1, -0.05) is 0 Å². The van der Waals surface area contributed by atoms with E-state index in [1.165, 1.54) is 0 Å². The summed E-state index contributed by atoms with van der Waals surface area (Å²) in [6, 6.07) is -6.76. The molecule has 0 aromatic heterocycles. The van der Waals surface area contributed by atoms with E-state index in [0.717, 1.165) is 0 Å². The monoisotopic (exact) mass is 278 g/mol. The number of halogens is 10. The van der Waals surface area contributed by atoms with Gasteiger partial charge >= 0.3 is 24.4 Å². The second-order valence-corrected chi connectivity index (χ2v) is 2.27. The maximum Gasteiger partial charge on any atom is 0.449 e. The van der Waals surface area contributed by atoms with Gasteiger partial charge in [0, 0.05) is 0 Å². The first kappa shape index (κ1) is 15.6. The molecule has 0 aliphatic rings. The van der Waals surface area contributed by atoms with Gasteiger partial charge < -0.3 is 4.74 Å². The minimum Gasteiger partial charge on any atom is -0.400 e. The SMILES string of the molecule is F/C(O/C(F)=C(\F)C(F)(F)F)=C(/F)C(F)(F)F. The molecular formula is C6F10O.